The third kappa shape index (κ3) is 2.13. The van der Waals surface area contributed by atoms with Crippen molar-refractivity contribution in [2.75, 3.05) is 11.4 Å². The number of fused-ring (bicyclic) bond motifs is 3. The Hall–Kier alpha value is -3.22. The van der Waals surface area contributed by atoms with Gasteiger partial charge in [-0.2, -0.15) is 0 Å². The summed E-state index contributed by atoms with van der Waals surface area (Å²) in [5, 5.41) is 10.6. The van der Waals surface area contributed by atoms with Gasteiger partial charge < -0.3 is 10.0 Å². The molecule has 2 aromatic heterocycles. The number of hydrogen-bond donors (Lipinski definition) is 1. The molecule has 0 saturated heterocycles. The smallest absolute Gasteiger partial charge is 0.416 e. The summed E-state index contributed by atoms with van der Waals surface area (Å²) < 4.78 is 1.34. The van der Waals surface area contributed by atoms with E-state index in [1.807, 2.05) is 29.2 Å². The van der Waals surface area contributed by atoms with E-state index in [9.17, 15) is 14.7 Å². The SMILES string of the molecule is O=Cc1cnc(N2CCc3c(n(C(=O)O)c4ccccc34)C2)nc1. The first kappa shape index (κ1) is 14.4. The van der Waals surface area contributed by atoms with Gasteiger partial charge in [-0.3, -0.25) is 4.79 Å². The summed E-state index contributed by atoms with van der Waals surface area (Å²) in [6.07, 6.45) is 3.36. The van der Waals surface area contributed by atoms with Crippen molar-refractivity contribution in [1.29, 1.82) is 0 Å². The fourth-order valence-electron chi connectivity index (χ4n) is 3.26. The first-order chi connectivity index (χ1) is 11.7. The Morgan fingerprint density at radius 1 is 1.21 bits per heavy atom. The summed E-state index contributed by atoms with van der Waals surface area (Å²) in [4.78, 5) is 32.8. The lowest BCUT2D eigenvalue weighted by atomic mass is 10.0. The van der Waals surface area contributed by atoms with Crippen molar-refractivity contribution >= 4 is 29.2 Å². The molecule has 4 rings (SSSR count). The van der Waals surface area contributed by atoms with E-state index in [-0.39, 0.29) is 0 Å². The highest BCUT2D eigenvalue weighted by Gasteiger charge is 2.27. The quantitative estimate of drug-likeness (QED) is 0.729. The summed E-state index contributed by atoms with van der Waals surface area (Å²) in [6, 6.07) is 7.54. The summed E-state index contributed by atoms with van der Waals surface area (Å²) in [5.41, 5.74) is 2.93. The Bertz CT molecular complexity index is 946. The summed E-state index contributed by atoms with van der Waals surface area (Å²) in [6.45, 7) is 1.11. The third-order valence-corrected chi connectivity index (χ3v) is 4.33. The minimum atomic E-state index is -0.994. The van der Waals surface area contributed by atoms with Crippen LogP contribution in [0.1, 0.15) is 21.6 Å². The molecular weight excluding hydrogens is 308 g/mol. The molecule has 1 aromatic carbocycles. The molecule has 0 radical (unpaired) electrons. The molecule has 0 spiro atoms. The Morgan fingerprint density at radius 3 is 2.67 bits per heavy atom. The van der Waals surface area contributed by atoms with Gasteiger partial charge >= 0.3 is 6.09 Å². The molecule has 0 bridgehead atoms. The third-order valence-electron chi connectivity index (χ3n) is 4.33. The normalized spacial score (nSPS) is 13.8. The maximum absolute atomic E-state index is 11.7. The molecule has 0 aliphatic carbocycles. The molecule has 0 atom stereocenters. The van der Waals surface area contributed by atoms with Gasteiger partial charge in [-0.1, -0.05) is 18.2 Å². The zero-order valence-electron chi connectivity index (χ0n) is 12.7. The Balaban J connectivity index is 1.79. The molecule has 1 N–H and O–H groups in total. The van der Waals surface area contributed by atoms with E-state index >= 15 is 0 Å². The molecule has 0 unspecified atom stereocenters. The molecule has 120 valence electrons. The molecule has 3 aromatic rings. The number of aldehydes is 1. The van der Waals surface area contributed by atoms with Crippen molar-refractivity contribution < 1.29 is 14.7 Å². The van der Waals surface area contributed by atoms with Crippen molar-refractivity contribution in [3.63, 3.8) is 0 Å². The lowest BCUT2D eigenvalue weighted by Gasteiger charge is -2.27. The van der Waals surface area contributed by atoms with Crippen molar-refractivity contribution in [2.24, 2.45) is 0 Å². The maximum atomic E-state index is 11.7. The van der Waals surface area contributed by atoms with Crippen LogP contribution in [0.15, 0.2) is 36.7 Å². The number of carbonyl (C=O) groups is 2. The van der Waals surface area contributed by atoms with Crippen LogP contribution in [0.5, 0.6) is 0 Å². The van der Waals surface area contributed by atoms with E-state index in [4.69, 9.17) is 0 Å². The number of nitrogens with zero attached hydrogens (tertiary/aromatic N) is 4. The largest absolute Gasteiger partial charge is 0.464 e. The Kier molecular flexibility index (Phi) is 3.26. The molecule has 3 heterocycles. The number of carbonyl (C=O) groups excluding carboxylic acids is 1. The Morgan fingerprint density at radius 2 is 1.96 bits per heavy atom. The fraction of sp³-hybridized carbons (Fsp3) is 0.176. The van der Waals surface area contributed by atoms with Gasteiger partial charge in [0.05, 0.1) is 23.3 Å². The van der Waals surface area contributed by atoms with Gasteiger partial charge in [0.1, 0.15) is 0 Å². The summed E-state index contributed by atoms with van der Waals surface area (Å²) >= 11 is 0. The standard InChI is InChI=1S/C17H14N4O3/c22-10-11-7-18-16(19-8-11)20-6-5-13-12-3-1-2-4-14(12)21(17(23)24)15(13)9-20/h1-4,7-8,10H,5-6,9H2,(H,23,24). The van der Waals surface area contributed by atoms with Crippen LogP contribution in [-0.2, 0) is 13.0 Å². The zero-order chi connectivity index (χ0) is 16.7. The van der Waals surface area contributed by atoms with E-state index in [1.54, 1.807) is 0 Å². The number of aromatic nitrogens is 3. The van der Waals surface area contributed by atoms with E-state index in [2.05, 4.69) is 9.97 Å². The van der Waals surface area contributed by atoms with Crippen molar-refractivity contribution in [2.45, 2.75) is 13.0 Å². The lowest BCUT2D eigenvalue weighted by Crippen LogP contribution is -2.33. The molecule has 24 heavy (non-hydrogen) atoms. The number of rotatable bonds is 2. The molecule has 7 nitrogen and oxygen atoms in total. The number of benzene rings is 1. The highest BCUT2D eigenvalue weighted by molar-refractivity contribution is 5.93. The average Bonchev–Trinajstić information content (AvgIpc) is 2.95. The average molecular weight is 322 g/mol. The van der Waals surface area contributed by atoms with Gasteiger partial charge in [0, 0.05) is 24.3 Å². The maximum Gasteiger partial charge on any atom is 0.416 e. The van der Waals surface area contributed by atoms with Crippen LogP contribution in [0.3, 0.4) is 0 Å². The van der Waals surface area contributed by atoms with Gasteiger partial charge in [0.25, 0.3) is 0 Å². The van der Waals surface area contributed by atoms with Gasteiger partial charge in [-0.15, -0.1) is 0 Å². The number of hydrogen-bond acceptors (Lipinski definition) is 5. The van der Waals surface area contributed by atoms with Crippen molar-refractivity contribution in [1.82, 2.24) is 14.5 Å². The van der Waals surface area contributed by atoms with Crippen LogP contribution >= 0.6 is 0 Å². The van der Waals surface area contributed by atoms with E-state index in [0.29, 0.717) is 36.4 Å². The highest BCUT2D eigenvalue weighted by atomic mass is 16.4. The molecule has 7 heteroatoms. The van der Waals surface area contributed by atoms with Crippen molar-refractivity contribution in [3.8, 4) is 0 Å². The number of para-hydroxylation sites is 1. The summed E-state index contributed by atoms with van der Waals surface area (Å²) in [7, 11) is 0. The molecule has 0 fully saturated rings. The molecule has 1 aliphatic heterocycles. The topological polar surface area (TPSA) is 88.3 Å². The van der Waals surface area contributed by atoms with Gasteiger partial charge in [0.2, 0.25) is 5.95 Å². The van der Waals surface area contributed by atoms with Crippen LogP contribution in [0.4, 0.5) is 10.7 Å². The van der Waals surface area contributed by atoms with E-state index in [0.717, 1.165) is 23.1 Å². The second-order valence-electron chi connectivity index (χ2n) is 5.67. The van der Waals surface area contributed by atoms with E-state index in [1.165, 1.54) is 17.0 Å². The predicted molar refractivity (Wildman–Crippen MR) is 87.5 cm³/mol. The second kappa shape index (κ2) is 5.45. The Labute approximate surface area is 137 Å². The molecule has 1 aliphatic rings. The minimum Gasteiger partial charge on any atom is -0.464 e. The predicted octanol–water partition coefficient (Wildman–Crippen LogP) is 2.33. The monoisotopic (exact) mass is 322 g/mol. The van der Waals surface area contributed by atoms with Crippen molar-refractivity contribution in [3.05, 3.63) is 53.5 Å². The zero-order valence-corrected chi connectivity index (χ0v) is 12.7. The lowest BCUT2D eigenvalue weighted by molar-refractivity contribution is 0.112. The fourth-order valence-corrected chi connectivity index (χ4v) is 3.26. The van der Waals surface area contributed by atoms with Crippen LogP contribution in [0.2, 0.25) is 0 Å². The molecule has 0 amide bonds. The highest BCUT2D eigenvalue weighted by Crippen LogP contribution is 2.31. The number of anilines is 1. The summed E-state index contributed by atoms with van der Waals surface area (Å²) in [5.74, 6) is 0.494. The minimum absolute atomic E-state index is 0.413. The van der Waals surface area contributed by atoms with Gasteiger partial charge in [-0.05, 0) is 18.1 Å². The second-order valence-corrected chi connectivity index (χ2v) is 5.67. The van der Waals surface area contributed by atoms with Crippen LogP contribution in [-0.4, -0.2) is 38.6 Å². The number of carboxylic acid groups (broad SMARTS) is 1. The molecular formula is C17H14N4O3. The van der Waals surface area contributed by atoms with Crippen LogP contribution in [0, 0.1) is 0 Å². The van der Waals surface area contributed by atoms with Gasteiger partial charge in [0.15, 0.2) is 6.29 Å². The van der Waals surface area contributed by atoms with Gasteiger partial charge in [-0.25, -0.2) is 19.3 Å². The first-order valence-electron chi connectivity index (χ1n) is 7.55. The molecule has 0 saturated carbocycles. The van der Waals surface area contributed by atoms with E-state index < -0.39 is 6.09 Å². The first-order valence-corrected chi connectivity index (χ1v) is 7.55. The van der Waals surface area contributed by atoms with Crippen LogP contribution in [0.25, 0.3) is 10.9 Å². The van der Waals surface area contributed by atoms with Crippen LogP contribution < -0.4 is 4.90 Å².